The minimum absolute atomic E-state index is 0.174. The van der Waals surface area contributed by atoms with Crippen molar-refractivity contribution in [3.05, 3.63) is 58.6 Å². The number of aliphatic imine (C=N–C) groups is 1. The molecule has 0 saturated carbocycles. The molecule has 0 atom stereocenters. The Kier molecular flexibility index (Phi) is 7.44. The number of methoxy groups -OCH3 is 1. The van der Waals surface area contributed by atoms with Crippen LogP contribution in [0.2, 0.25) is 5.02 Å². The Labute approximate surface area is 158 Å². The normalized spacial score (nSPS) is 11.3. The van der Waals surface area contributed by atoms with Crippen molar-refractivity contribution in [3.8, 4) is 0 Å². The summed E-state index contributed by atoms with van der Waals surface area (Å²) in [4.78, 5) is 16.2. The lowest BCUT2D eigenvalue weighted by molar-refractivity contribution is -0.116. The standard InChI is InChI=1S/C19H23ClN4O2/c1-13-7-8-17(15(20)11-13)23-18(25)9-10-22-19(21)24-16-6-4-3-5-14(16)12-26-2/h3-8,11H,9-10,12H2,1-2H3,(H,23,25)(H3,21,22,24). The number of nitrogens with one attached hydrogen (secondary N) is 2. The van der Waals surface area contributed by atoms with E-state index < -0.39 is 0 Å². The molecule has 0 saturated heterocycles. The average molecular weight is 375 g/mol. The van der Waals surface area contributed by atoms with Gasteiger partial charge in [-0.15, -0.1) is 0 Å². The molecule has 0 unspecified atom stereocenters. The van der Waals surface area contributed by atoms with E-state index in [4.69, 9.17) is 22.1 Å². The largest absolute Gasteiger partial charge is 0.380 e. The lowest BCUT2D eigenvalue weighted by atomic mass is 10.2. The highest BCUT2D eigenvalue weighted by molar-refractivity contribution is 6.33. The van der Waals surface area contributed by atoms with E-state index in [0.29, 0.717) is 17.3 Å². The van der Waals surface area contributed by atoms with Crippen LogP contribution in [0.3, 0.4) is 0 Å². The molecule has 4 N–H and O–H groups in total. The molecule has 0 fully saturated rings. The number of carbonyl (C=O) groups is 1. The number of nitrogens with two attached hydrogens (primary N) is 1. The molecule has 6 nitrogen and oxygen atoms in total. The van der Waals surface area contributed by atoms with Crippen LogP contribution in [0.5, 0.6) is 0 Å². The molecule has 0 heterocycles. The van der Waals surface area contributed by atoms with Crippen LogP contribution in [0.25, 0.3) is 0 Å². The minimum Gasteiger partial charge on any atom is -0.380 e. The summed E-state index contributed by atoms with van der Waals surface area (Å²) in [6, 6.07) is 13.1. The van der Waals surface area contributed by atoms with Crippen molar-refractivity contribution < 1.29 is 9.53 Å². The molecule has 2 aromatic rings. The van der Waals surface area contributed by atoms with E-state index in [1.54, 1.807) is 19.2 Å². The zero-order valence-electron chi connectivity index (χ0n) is 14.9. The quantitative estimate of drug-likeness (QED) is 0.510. The predicted molar refractivity (Wildman–Crippen MR) is 107 cm³/mol. The zero-order chi connectivity index (χ0) is 18.9. The maximum Gasteiger partial charge on any atom is 0.226 e. The number of benzene rings is 2. The summed E-state index contributed by atoms with van der Waals surface area (Å²) in [5.74, 6) is 0.0711. The summed E-state index contributed by atoms with van der Waals surface area (Å²) in [7, 11) is 1.63. The van der Waals surface area contributed by atoms with Gasteiger partial charge in [-0.1, -0.05) is 35.9 Å². The number of halogens is 1. The number of ether oxygens (including phenoxy) is 1. The summed E-state index contributed by atoms with van der Waals surface area (Å²) < 4.78 is 5.15. The fourth-order valence-corrected chi connectivity index (χ4v) is 2.60. The summed E-state index contributed by atoms with van der Waals surface area (Å²) in [6.45, 7) is 2.67. The van der Waals surface area contributed by atoms with Crippen molar-refractivity contribution in [1.29, 1.82) is 0 Å². The van der Waals surface area contributed by atoms with E-state index >= 15 is 0 Å². The second kappa shape index (κ2) is 9.79. The molecule has 0 aliphatic heterocycles. The summed E-state index contributed by atoms with van der Waals surface area (Å²) in [5.41, 5.74) is 9.31. The summed E-state index contributed by atoms with van der Waals surface area (Å²) in [6.07, 6.45) is 0.201. The molecule has 0 aromatic heterocycles. The molecule has 0 bridgehead atoms. The Morgan fingerprint density at radius 1 is 1.19 bits per heavy atom. The molecule has 138 valence electrons. The van der Waals surface area contributed by atoms with Gasteiger partial charge < -0.3 is 21.1 Å². The third-order valence-corrected chi connectivity index (χ3v) is 3.91. The highest BCUT2D eigenvalue weighted by Crippen LogP contribution is 2.22. The van der Waals surface area contributed by atoms with Crippen molar-refractivity contribution in [2.45, 2.75) is 20.0 Å². The molecule has 1 amide bonds. The van der Waals surface area contributed by atoms with Gasteiger partial charge in [0.15, 0.2) is 5.96 Å². The number of rotatable bonds is 7. The van der Waals surface area contributed by atoms with Gasteiger partial charge in [0.05, 0.1) is 23.9 Å². The van der Waals surface area contributed by atoms with Crippen molar-refractivity contribution >= 4 is 34.8 Å². The van der Waals surface area contributed by atoms with Gasteiger partial charge in [0, 0.05) is 24.8 Å². The van der Waals surface area contributed by atoms with Crippen LogP contribution >= 0.6 is 11.6 Å². The van der Waals surface area contributed by atoms with E-state index in [0.717, 1.165) is 16.8 Å². The fourth-order valence-electron chi connectivity index (χ4n) is 2.31. The SMILES string of the molecule is COCc1ccccc1NC(N)=NCCC(=O)Nc1ccc(C)cc1Cl. The van der Waals surface area contributed by atoms with Gasteiger partial charge in [-0.05, 0) is 30.7 Å². The first kappa shape index (κ1) is 19.8. The Hall–Kier alpha value is -2.57. The molecule has 0 spiro atoms. The number of carbonyl (C=O) groups excluding carboxylic acids is 1. The third kappa shape index (κ3) is 6.06. The van der Waals surface area contributed by atoms with Gasteiger partial charge in [0.1, 0.15) is 0 Å². The van der Waals surface area contributed by atoms with Gasteiger partial charge >= 0.3 is 0 Å². The highest BCUT2D eigenvalue weighted by Gasteiger charge is 2.06. The van der Waals surface area contributed by atoms with Gasteiger partial charge in [0.2, 0.25) is 5.91 Å². The molecule has 0 aliphatic rings. The van der Waals surface area contributed by atoms with E-state index in [1.165, 1.54) is 0 Å². The van der Waals surface area contributed by atoms with Gasteiger partial charge in [0.25, 0.3) is 0 Å². The summed E-state index contributed by atoms with van der Waals surface area (Å²) >= 11 is 6.11. The van der Waals surface area contributed by atoms with Crippen LogP contribution in [0.4, 0.5) is 11.4 Å². The number of para-hydroxylation sites is 1. The number of nitrogens with zero attached hydrogens (tertiary/aromatic N) is 1. The van der Waals surface area contributed by atoms with Crippen molar-refractivity contribution in [2.75, 3.05) is 24.3 Å². The lowest BCUT2D eigenvalue weighted by Gasteiger charge is -2.11. The van der Waals surface area contributed by atoms with Crippen LogP contribution in [0, 0.1) is 6.92 Å². The number of anilines is 2. The van der Waals surface area contributed by atoms with Crippen molar-refractivity contribution in [1.82, 2.24) is 0 Å². The monoisotopic (exact) mass is 374 g/mol. The van der Waals surface area contributed by atoms with Crippen LogP contribution < -0.4 is 16.4 Å². The molecule has 7 heteroatoms. The number of guanidine groups is 1. The molecular weight excluding hydrogens is 352 g/mol. The van der Waals surface area contributed by atoms with Gasteiger partial charge in [-0.2, -0.15) is 0 Å². The van der Waals surface area contributed by atoms with Gasteiger partial charge in [-0.3, -0.25) is 9.79 Å². The predicted octanol–water partition coefficient (Wildman–Crippen LogP) is 3.55. The van der Waals surface area contributed by atoms with E-state index in [9.17, 15) is 4.79 Å². The Morgan fingerprint density at radius 2 is 1.96 bits per heavy atom. The molecule has 2 aromatic carbocycles. The third-order valence-electron chi connectivity index (χ3n) is 3.60. The maximum absolute atomic E-state index is 12.0. The van der Waals surface area contributed by atoms with Crippen molar-refractivity contribution in [2.24, 2.45) is 10.7 Å². The van der Waals surface area contributed by atoms with E-state index in [-0.39, 0.29) is 24.8 Å². The fraction of sp³-hybridized carbons (Fsp3) is 0.263. The zero-order valence-corrected chi connectivity index (χ0v) is 15.6. The van der Waals surface area contributed by atoms with Crippen LogP contribution in [-0.4, -0.2) is 25.5 Å². The second-order valence-electron chi connectivity index (χ2n) is 5.76. The van der Waals surface area contributed by atoms with Crippen LogP contribution in [0.15, 0.2) is 47.5 Å². The first-order valence-corrected chi connectivity index (χ1v) is 8.57. The van der Waals surface area contributed by atoms with Crippen LogP contribution in [0.1, 0.15) is 17.5 Å². The number of hydrogen-bond donors (Lipinski definition) is 3. The first-order chi connectivity index (χ1) is 12.5. The Balaban J connectivity index is 1.86. The minimum atomic E-state index is -0.174. The molecule has 26 heavy (non-hydrogen) atoms. The number of amides is 1. The molecule has 0 radical (unpaired) electrons. The molecule has 2 rings (SSSR count). The summed E-state index contributed by atoms with van der Waals surface area (Å²) in [5, 5.41) is 6.31. The maximum atomic E-state index is 12.0. The first-order valence-electron chi connectivity index (χ1n) is 8.19. The number of aryl methyl sites for hydroxylation is 1. The second-order valence-corrected chi connectivity index (χ2v) is 6.17. The van der Waals surface area contributed by atoms with E-state index in [2.05, 4.69) is 15.6 Å². The van der Waals surface area contributed by atoms with Crippen LogP contribution in [-0.2, 0) is 16.1 Å². The van der Waals surface area contributed by atoms with E-state index in [1.807, 2.05) is 37.3 Å². The Bertz CT molecular complexity index is 793. The van der Waals surface area contributed by atoms with Crippen molar-refractivity contribution in [3.63, 3.8) is 0 Å². The molecule has 0 aliphatic carbocycles. The van der Waals surface area contributed by atoms with Gasteiger partial charge in [-0.25, -0.2) is 0 Å². The average Bonchev–Trinajstić information content (AvgIpc) is 2.59. The molecular formula is C19H23ClN4O2. The Morgan fingerprint density at radius 3 is 2.69 bits per heavy atom. The highest BCUT2D eigenvalue weighted by atomic mass is 35.5. The lowest BCUT2D eigenvalue weighted by Crippen LogP contribution is -2.24. The number of hydrogen-bond acceptors (Lipinski definition) is 3. The topological polar surface area (TPSA) is 88.7 Å². The smallest absolute Gasteiger partial charge is 0.226 e.